The van der Waals surface area contributed by atoms with Crippen LogP contribution in [0.25, 0.3) is 0 Å². The molecule has 0 saturated carbocycles. The molecule has 5 heteroatoms. The highest BCUT2D eigenvalue weighted by Gasteiger charge is 2.06. The van der Waals surface area contributed by atoms with E-state index < -0.39 is 11.7 Å². The monoisotopic (exact) mass is 250 g/mol. The summed E-state index contributed by atoms with van der Waals surface area (Å²) >= 11 is 1.58. The van der Waals surface area contributed by atoms with Crippen LogP contribution < -0.4 is 11.1 Å². The molecule has 1 amide bonds. The predicted molar refractivity (Wildman–Crippen MR) is 66.6 cm³/mol. The average molecular weight is 250 g/mol. The quantitative estimate of drug-likeness (QED) is 0.876. The van der Waals surface area contributed by atoms with Gasteiger partial charge >= 0.3 is 0 Å². The maximum atomic E-state index is 13.5. The fraction of sp³-hybridized carbons (Fsp3) is 0.0833. The molecule has 1 aromatic heterocycles. The highest BCUT2D eigenvalue weighted by molar-refractivity contribution is 7.09. The molecule has 1 heterocycles. The highest BCUT2D eigenvalue weighted by atomic mass is 32.1. The van der Waals surface area contributed by atoms with Crippen LogP contribution in [0.15, 0.2) is 35.7 Å². The number of hydrogen-bond acceptors (Lipinski definition) is 3. The Morgan fingerprint density at radius 2 is 2.24 bits per heavy atom. The van der Waals surface area contributed by atoms with Crippen LogP contribution >= 0.6 is 11.3 Å². The molecule has 0 fully saturated rings. The number of halogens is 1. The molecule has 1 aromatic carbocycles. The van der Waals surface area contributed by atoms with Gasteiger partial charge in [-0.3, -0.25) is 4.79 Å². The summed E-state index contributed by atoms with van der Waals surface area (Å²) in [6, 6.07) is 7.90. The molecular weight excluding hydrogens is 239 g/mol. The third-order valence-electron chi connectivity index (χ3n) is 2.28. The molecule has 0 radical (unpaired) electrons. The third-order valence-corrected chi connectivity index (χ3v) is 3.16. The van der Waals surface area contributed by atoms with Gasteiger partial charge in [0.05, 0.1) is 5.69 Å². The molecule has 3 N–H and O–H groups in total. The SMILES string of the molecule is NC(=O)c1ccc(F)c(NCc2cccs2)c1. The fourth-order valence-corrected chi connectivity index (χ4v) is 2.05. The van der Waals surface area contributed by atoms with Crippen molar-refractivity contribution in [2.75, 3.05) is 5.32 Å². The van der Waals surface area contributed by atoms with Gasteiger partial charge in [-0.15, -0.1) is 11.3 Å². The first kappa shape index (κ1) is 11.6. The van der Waals surface area contributed by atoms with Crippen molar-refractivity contribution in [2.24, 2.45) is 5.73 Å². The molecule has 17 heavy (non-hydrogen) atoms. The van der Waals surface area contributed by atoms with Crippen LogP contribution in [-0.2, 0) is 6.54 Å². The molecule has 0 atom stereocenters. The molecule has 0 aliphatic heterocycles. The van der Waals surface area contributed by atoms with Crippen molar-refractivity contribution in [1.29, 1.82) is 0 Å². The van der Waals surface area contributed by atoms with Crippen LogP contribution in [0.2, 0.25) is 0 Å². The van der Waals surface area contributed by atoms with E-state index in [0.29, 0.717) is 12.1 Å². The lowest BCUT2D eigenvalue weighted by Gasteiger charge is -2.07. The maximum absolute atomic E-state index is 13.5. The number of carbonyl (C=O) groups is 1. The summed E-state index contributed by atoms with van der Waals surface area (Å²) in [4.78, 5) is 12.1. The van der Waals surface area contributed by atoms with E-state index in [2.05, 4.69) is 5.32 Å². The van der Waals surface area contributed by atoms with Gasteiger partial charge in [0.15, 0.2) is 0 Å². The van der Waals surface area contributed by atoms with Crippen LogP contribution in [0.4, 0.5) is 10.1 Å². The van der Waals surface area contributed by atoms with Gasteiger partial charge in [-0.05, 0) is 29.6 Å². The molecule has 0 unspecified atom stereocenters. The summed E-state index contributed by atoms with van der Waals surface area (Å²) in [5, 5.41) is 4.89. The van der Waals surface area contributed by atoms with E-state index in [1.165, 1.54) is 18.2 Å². The van der Waals surface area contributed by atoms with Crippen molar-refractivity contribution < 1.29 is 9.18 Å². The minimum Gasteiger partial charge on any atom is -0.378 e. The summed E-state index contributed by atoms with van der Waals surface area (Å²) in [6.07, 6.45) is 0. The number of nitrogens with two attached hydrogens (primary N) is 1. The second-order valence-electron chi connectivity index (χ2n) is 3.49. The lowest BCUT2D eigenvalue weighted by molar-refractivity contribution is 0.100. The molecular formula is C12H11FN2OS. The van der Waals surface area contributed by atoms with Gasteiger partial charge in [0, 0.05) is 17.0 Å². The second kappa shape index (κ2) is 4.97. The smallest absolute Gasteiger partial charge is 0.248 e. The first-order valence-corrected chi connectivity index (χ1v) is 5.90. The zero-order chi connectivity index (χ0) is 12.3. The van der Waals surface area contributed by atoms with Crippen molar-refractivity contribution in [2.45, 2.75) is 6.54 Å². The van der Waals surface area contributed by atoms with Crippen LogP contribution in [0, 0.1) is 5.82 Å². The molecule has 0 aliphatic rings. The molecule has 0 bridgehead atoms. The summed E-state index contributed by atoms with van der Waals surface area (Å²) in [6.45, 7) is 0.525. The molecule has 0 spiro atoms. The number of primary amides is 1. The largest absolute Gasteiger partial charge is 0.378 e. The Bertz CT molecular complexity index is 525. The van der Waals surface area contributed by atoms with E-state index in [4.69, 9.17) is 5.73 Å². The number of hydrogen-bond donors (Lipinski definition) is 2. The molecule has 2 aromatic rings. The van der Waals surface area contributed by atoms with Crippen LogP contribution in [-0.4, -0.2) is 5.91 Å². The topological polar surface area (TPSA) is 55.1 Å². The Kier molecular flexibility index (Phi) is 3.39. The van der Waals surface area contributed by atoms with Gasteiger partial charge in [-0.25, -0.2) is 4.39 Å². The van der Waals surface area contributed by atoms with Gasteiger partial charge in [0.1, 0.15) is 5.82 Å². The van der Waals surface area contributed by atoms with E-state index >= 15 is 0 Å². The van der Waals surface area contributed by atoms with E-state index in [1.807, 2.05) is 17.5 Å². The van der Waals surface area contributed by atoms with E-state index in [0.717, 1.165) is 4.88 Å². The Morgan fingerprint density at radius 3 is 2.88 bits per heavy atom. The average Bonchev–Trinajstić information content (AvgIpc) is 2.80. The van der Waals surface area contributed by atoms with E-state index in [-0.39, 0.29) is 5.69 Å². The molecule has 0 aliphatic carbocycles. The predicted octanol–water partition coefficient (Wildman–Crippen LogP) is 2.60. The zero-order valence-electron chi connectivity index (χ0n) is 8.94. The number of thiophene rings is 1. The number of anilines is 1. The van der Waals surface area contributed by atoms with Crippen molar-refractivity contribution in [3.63, 3.8) is 0 Å². The maximum Gasteiger partial charge on any atom is 0.248 e. The molecule has 2 rings (SSSR count). The molecule has 88 valence electrons. The van der Waals surface area contributed by atoms with E-state index in [9.17, 15) is 9.18 Å². The fourth-order valence-electron chi connectivity index (χ4n) is 1.41. The standard InChI is InChI=1S/C12H11FN2OS/c13-10-4-3-8(12(14)16)6-11(10)15-7-9-2-1-5-17-9/h1-6,15H,7H2,(H2,14,16). The summed E-state index contributed by atoms with van der Waals surface area (Å²) in [5.41, 5.74) is 5.71. The van der Waals surface area contributed by atoms with Crippen LogP contribution in [0.5, 0.6) is 0 Å². The van der Waals surface area contributed by atoms with Crippen LogP contribution in [0.3, 0.4) is 0 Å². The lowest BCUT2D eigenvalue weighted by Crippen LogP contribution is -2.12. The van der Waals surface area contributed by atoms with Gasteiger partial charge in [-0.1, -0.05) is 6.07 Å². The minimum absolute atomic E-state index is 0.287. The summed E-state index contributed by atoms with van der Waals surface area (Å²) < 4.78 is 13.5. The van der Waals surface area contributed by atoms with Gasteiger partial charge in [0.25, 0.3) is 0 Å². The number of nitrogens with one attached hydrogen (secondary N) is 1. The summed E-state index contributed by atoms with van der Waals surface area (Å²) in [5.74, 6) is -0.962. The minimum atomic E-state index is -0.566. The Hall–Kier alpha value is -1.88. The zero-order valence-corrected chi connectivity index (χ0v) is 9.76. The van der Waals surface area contributed by atoms with Crippen LogP contribution in [0.1, 0.15) is 15.2 Å². The van der Waals surface area contributed by atoms with Crippen molar-refractivity contribution in [1.82, 2.24) is 0 Å². The third kappa shape index (κ3) is 2.82. The number of carbonyl (C=O) groups excluding carboxylic acids is 1. The number of benzene rings is 1. The van der Waals surface area contributed by atoms with Gasteiger partial charge in [0.2, 0.25) is 5.91 Å². The Morgan fingerprint density at radius 1 is 1.41 bits per heavy atom. The van der Waals surface area contributed by atoms with Gasteiger partial charge in [-0.2, -0.15) is 0 Å². The summed E-state index contributed by atoms with van der Waals surface area (Å²) in [7, 11) is 0. The Labute approximate surface area is 102 Å². The van der Waals surface area contributed by atoms with Crippen molar-refractivity contribution >= 4 is 22.9 Å². The first-order chi connectivity index (χ1) is 8.16. The van der Waals surface area contributed by atoms with Crippen molar-refractivity contribution in [3.05, 3.63) is 52.0 Å². The number of rotatable bonds is 4. The molecule has 3 nitrogen and oxygen atoms in total. The highest BCUT2D eigenvalue weighted by Crippen LogP contribution is 2.18. The van der Waals surface area contributed by atoms with E-state index in [1.54, 1.807) is 11.3 Å². The van der Waals surface area contributed by atoms with Gasteiger partial charge < -0.3 is 11.1 Å². The lowest BCUT2D eigenvalue weighted by atomic mass is 10.2. The van der Waals surface area contributed by atoms with Crippen molar-refractivity contribution in [3.8, 4) is 0 Å². The first-order valence-electron chi connectivity index (χ1n) is 5.02. The number of amides is 1. The second-order valence-corrected chi connectivity index (χ2v) is 4.52. The Balaban J connectivity index is 2.14. The molecule has 0 saturated heterocycles. The normalized spacial score (nSPS) is 10.2.